The molecular weight excluding hydrogens is 544 g/mol. The van der Waals surface area contributed by atoms with Gasteiger partial charge in [0.2, 0.25) is 5.78 Å². The van der Waals surface area contributed by atoms with E-state index in [0.717, 1.165) is 16.7 Å². The summed E-state index contributed by atoms with van der Waals surface area (Å²) in [4.78, 5) is 53.6. The first-order valence-corrected chi connectivity index (χ1v) is 14.9. The van der Waals surface area contributed by atoms with Gasteiger partial charge in [0.1, 0.15) is 17.3 Å². The highest BCUT2D eigenvalue weighted by Crippen LogP contribution is 2.62. The number of ketones is 4. The van der Waals surface area contributed by atoms with Crippen LogP contribution in [0.4, 0.5) is 0 Å². The Kier molecular flexibility index (Phi) is 7.20. The number of aliphatic hydroxyl groups excluding tert-OH is 1. The molecule has 0 bridgehead atoms. The molecule has 7 heteroatoms. The van der Waals surface area contributed by atoms with E-state index in [2.05, 4.69) is 0 Å². The van der Waals surface area contributed by atoms with Crippen LogP contribution < -0.4 is 0 Å². The third-order valence-electron chi connectivity index (χ3n) is 9.90. The van der Waals surface area contributed by atoms with Crippen molar-refractivity contribution < 1.29 is 34.5 Å². The normalized spacial score (nSPS) is 26.8. The van der Waals surface area contributed by atoms with Crippen molar-refractivity contribution in [1.82, 2.24) is 0 Å². The van der Waals surface area contributed by atoms with E-state index >= 15 is 0 Å². The highest BCUT2D eigenvalue weighted by molar-refractivity contribution is 6.25. The fraction of sp³-hybridized carbons (Fsp3) is 0.444. The van der Waals surface area contributed by atoms with Crippen LogP contribution in [0.25, 0.3) is 0 Å². The number of aliphatic hydroxyl groups is 2. The highest BCUT2D eigenvalue weighted by atomic mass is 16.3. The molecule has 226 valence electrons. The molecule has 5 rings (SSSR count). The van der Waals surface area contributed by atoms with Crippen LogP contribution in [0, 0.1) is 17.8 Å². The fourth-order valence-corrected chi connectivity index (χ4v) is 8.04. The summed E-state index contributed by atoms with van der Waals surface area (Å²) in [5.74, 6) is -3.32. The number of hydrogen-bond acceptors (Lipinski definition) is 7. The largest absolute Gasteiger partial charge is 0.508 e. The lowest BCUT2D eigenvalue weighted by molar-refractivity contribution is -0.157. The minimum Gasteiger partial charge on any atom is -0.508 e. The van der Waals surface area contributed by atoms with Gasteiger partial charge in [-0.2, -0.15) is 0 Å². The van der Waals surface area contributed by atoms with Gasteiger partial charge in [-0.15, -0.1) is 0 Å². The van der Waals surface area contributed by atoms with Gasteiger partial charge in [-0.25, -0.2) is 0 Å². The van der Waals surface area contributed by atoms with Gasteiger partial charge in [-0.05, 0) is 62.6 Å². The zero-order valence-electron chi connectivity index (χ0n) is 26.0. The van der Waals surface area contributed by atoms with Gasteiger partial charge in [0.05, 0.1) is 11.1 Å². The molecule has 0 saturated heterocycles. The number of Topliss-reactive ketones (excluding diaryl/α,β-unsaturated/α-hetero) is 4. The molecule has 3 aliphatic carbocycles. The summed E-state index contributed by atoms with van der Waals surface area (Å²) in [7, 11) is 0. The van der Waals surface area contributed by atoms with Gasteiger partial charge in [0, 0.05) is 34.8 Å². The molecule has 0 fully saturated rings. The van der Waals surface area contributed by atoms with Crippen molar-refractivity contribution in [2.75, 3.05) is 0 Å². The van der Waals surface area contributed by atoms with E-state index in [4.69, 9.17) is 0 Å². The quantitative estimate of drug-likeness (QED) is 0.369. The standard InChI is InChI=1S/C36H40O7/c1-18(2)25-14-23(13-24(38)12-22-10-8-19(3)9-11-22)30(39)28-26(25)16-34(6)17-35(7)15-20(4)27(21(5)37)32(41)36(35,43)33(42)29(34)31(28)40/h8-11,14,18,39,42-43H,12-13,15-17H2,1-7H3/t34-,35+,36+/m1/s1. The summed E-state index contributed by atoms with van der Waals surface area (Å²) < 4.78 is 0. The van der Waals surface area contributed by atoms with Crippen LogP contribution in [0.15, 0.2) is 52.8 Å². The molecule has 0 spiro atoms. The number of aromatic hydroxyl groups is 1. The molecule has 2 aromatic rings. The van der Waals surface area contributed by atoms with E-state index < -0.39 is 39.5 Å². The number of phenolic OH excluding ortho intramolecular Hbond substituents is 1. The molecule has 3 N–H and O–H groups in total. The summed E-state index contributed by atoms with van der Waals surface area (Å²) >= 11 is 0. The van der Waals surface area contributed by atoms with Crippen molar-refractivity contribution in [2.45, 2.75) is 92.1 Å². The van der Waals surface area contributed by atoms with Crippen LogP contribution in [0.2, 0.25) is 0 Å². The topological polar surface area (TPSA) is 129 Å². The second-order valence-corrected chi connectivity index (χ2v) is 13.8. The van der Waals surface area contributed by atoms with Crippen LogP contribution in [0.5, 0.6) is 5.75 Å². The summed E-state index contributed by atoms with van der Waals surface area (Å²) in [6.45, 7) is 12.4. The van der Waals surface area contributed by atoms with Crippen LogP contribution in [-0.2, 0) is 33.6 Å². The number of fused-ring (bicyclic) bond motifs is 3. The van der Waals surface area contributed by atoms with Gasteiger partial charge >= 0.3 is 0 Å². The number of hydrogen-bond donors (Lipinski definition) is 3. The predicted octanol–water partition coefficient (Wildman–Crippen LogP) is 5.75. The molecule has 0 heterocycles. The lowest BCUT2D eigenvalue weighted by Crippen LogP contribution is -2.63. The van der Waals surface area contributed by atoms with E-state index in [1.54, 1.807) is 13.8 Å². The summed E-state index contributed by atoms with van der Waals surface area (Å²) in [6.07, 6.45) is 0.765. The molecular formula is C36H40O7. The SMILES string of the molecule is CC(=O)C1=C(C)C[C@@]2(C)C[C@@]3(C)Cc4c(C(C)C)cc(CC(=O)Cc5ccc(C)cc5)c(O)c4C(=O)C3=C(O)[C@@]2(O)C1=O. The first-order valence-electron chi connectivity index (χ1n) is 14.9. The fourth-order valence-electron chi connectivity index (χ4n) is 8.04. The van der Waals surface area contributed by atoms with Crippen LogP contribution in [0.1, 0.15) is 98.5 Å². The number of phenols is 1. The van der Waals surface area contributed by atoms with Crippen molar-refractivity contribution >= 4 is 23.1 Å². The minimum atomic E-state index is -2.46. The Morgan fingerprint density at radius 3 is 2.19 bits per heavy atom. The molecule has 0 unspecified atom stereocenters. The van der Waals surface area contributed by atoms with Crippen molar-refractivity contribution in [3.63, 3.8) is 0 Å². The van der Waals surface area contributed by atoms with Crippen molar-refractivity contribution in [1.29, 1.82) is 0 Å². The van der Waals surface area contributed by atoms with Crippen molar-refractivity contribution in [3.8, 4) is 5.75 Å². The smallest absolute Gasteiger partial charge is 0.206 e. The van der Waals surface area contributed by atoms with E-state index in [9.17, 15) is 34.5 Å². The number of carbonyl (C=O) groups is 4. The van der Waals surface area contributed by atoms with E-state index in [0.29, 0.717) is 16.7 Å². The Labute approximate surface area is 252 Å². The van der Waals surface area contributed by atoms with Crippen molar-refractivity contribution in [2.24, 2.45) is 10.8 Å². The lowest BCUT2D eigenvalue weighted by atomic mass is 9.47. The maximum Gasteiger partial charge on any atom is 0.206 e. The maximum absolute atomic E-state index is 14.4. The van der Waals surface area contributed by atoms with Gasteiger partial charge in [-0.1, -0.05) is 69.2 Å². The zero-order valence-corrected chi connectivity index (χ0v) is 26.0. The van der Waals surface area contributed by atoms with Gasteiger partial charge < -0.3 is 15.3 Å². The molecule has 0 aromatic heterocycles. The Balaban J connectivity index is 1.64. The first-order chi connectivity index (χ1) is 19.9. The average molecular weight is 585 g/mol. The Morgan fingerprint density at radius 1 is 0.977 bits per heavy atom. The highest BCUT2D eigenvalue weighted by Gasteiger charge is 2.67. The number of allylic oxidation sites excluding steroid dienone is 2. The van der Waals surface area contributed by atoms with E-state index in [-0.39, 0.29) is 66.3 Å². The molecule has 0 amide bonds. The molecule has 2 aromatic carbocycles. The second-order valence-electron chi connectivity index (χ2n) is 13.8. The molecule has 0 aliphatic heterocycles. The van der Waals surface area contributed by atoms with Gasteiger partial charge in [-0.3, -0.25) is 19.2 Å². The number of benzene rings is 2. The molecule has 7 nitrogen and oxygen atoms in total. The van der Waals surface area contributed by atoms with Crippen LogP contribution in [0.3, 0.4) is 0 Å². The summed E-state index contributed by atoms with van der Waals surface area (Å²) in [5.41, 5.74) is -0.581. The molecule has 3 atom stereocenters. The molecule has 3 aliphatic rings. The van der Waals surface area contributed by atoms with E-state index in [1.807, 2.05) is 58.0 Å². The minimum absolute atomic E-state index is 0.00247. The predicted molar refractivity (Wildman–Crippen MR) is 162 cm³/mol. The Morgan fingerprint density at radius 2 is 1.60 bits per heavy atom. The van der Waals surface area contributed by atoms with Gasteiger partial charge in [0.15, 0.2) is 17.2 Å². The number of rotatable bonds is 6. The van der Waals surface area contributed by atoms with Crippen LogP contribution >= 0.6 is 0 Å². The second kappa shape index (κ2) is 10.1. The third kappa shape index (κ3) is 4.51. The number of carbonyl (C=O) groups excluding carboxylic acids is 4. The maximum atomic E-state index is 14.4. The summed E-state index contributed by atoms with van der Waals surface area (Å²) in [6, 6.07) is 9.46. The summed E-state index contributed by atoms with van der Waals surface area (Å²) in [5, 5.41) is 35.2. The van der Waals surface area contributed by atoms with Gasteiger partial charge in [0.25, 0.3) is 0 Å². The molecule has 0 saturated carbocycles. The number of aryl methyl sites for hydroxylation is 1. The van der Waals surface area contributed by atoms with Crippen LogP contribution in [-0.4, -0.2) is 44.1 Å². The third-order valence-corrected chi connectivity index (χ3v) is 9.90. The lowest BCUT2D eigenvalue weighted by Gasteiger charge is -2.56. The average Bonchev–Trinajstić information content (AvgIpc) is 2.88. The first kappa shape index (κ1) is 30.6. The zero-order chi connectivity index (χ0) is 31.8. The molecule has 43 heavy (non-hydrogen) atoms. The van der Waals surface area contributed by atoms with E-state index in [1.165, 1.54) is 6.92 Å². The monoisotopic (exact) mass is 584 g/mol. The molecule has 0 radical (unpaired) electrons. The Hall–Kier alpha value is -3.84. The Bertz CT molecular complexity index is 1670. The van der Waals surface area contributed by atoms with Crippen molar-refractivity contribution in [3.05, 3.63) is 86.2 Å².